The number of ether oxygens (including phenoxy) is 3. The summed E-state index contributed by atoms with van der Waals surface area (Å²) in [5.74, 6) is -5.08. The van der Waals surface area contributed by atoms with Gasteiger partial charge in [-0.2, -0.15) is 0 Å². The molecule has 0 aromatic heterocycles. The Balaban J connectivity index is 2.89. The van der Waals surface area contributed by atoms with Crippen molar-refractivity contribution in [1.82, 2.24) is 5.32 Å². The highest BCUT2D eigenvalue weighted by Crippen LogP contribution is 2.17. The van der Waals surface area contributed by atoms with Gasteiger partial charge in [-0.25, -0.2) is 4.79 Å². The van der Waals surface area contributed by atoms with E-state index in [2.05, 4.69) is 5.32 Å². The molecular weight excluding hydrogens is 322 g/mol. The van der Waals surface area contributed by atoms with E-state index in [1.165, 1.54) is 0 Å². The fourth-order valence-corrected chi connectivity index (χ4v) is 2.35. The maximum Gasteiger partial charge on any atom is 0.327 e. The molecular formula is C15H23NO8. The molecule has 9 heteroatoms. The number of nitrogens with one attached hydrogen (secondary N) is 1. The minimum Gasteiger partial charge on any atom is -0.480 e. The fraction of sp³-hybridized carbons (Fsp3) is 0.733. The number of rotatable bonds is 9. The minimum atomic E-state index is -1.61. The first-order chi connectivity index (χ1) is 11.4. The predicted octanol–water partition coefficient (Wildman–Crippen LogP) is -0.133. The minimum absolute atomic E-state index is 0.0180. The second kappa shape index (κ2) is 9.86. The lowest BCUT2D eigenvalue weighted by Crippen LogP contribution is -2.52. The van der Waals surface area contributed by atoms with Gasteiger partial charge in [-0.15, -0.1) is 0 Å². The van der Waals surface area contributed by atoms with Crippen LogP contribution in [0.25, 0.3) is 0 Å². The van der Waals surface area contributed by atoms with Gasteiger partial charge in [0, 0.05) is 6.61 Å². The van der Waals surface area contributed by atoms with E-state index in [0.717, 1.165) is 0 Å². The fourth-order valence-electron chi connectivity index (χ4n) is 2.35. The Kier molecular flexibility index (Phi) is 8.17. The Morgan fingerprint density at radius 1 is 1.21 bits per heavy atom. The first-order valence-electron chi connectivity index (χ1n) is 7.87. The van der Waals surface area contributed by atoms with Crippen LogP contribution in [0.3, 0.4) is 0 Å². The van der Waals surface area contributed by atoms with Crippen molar-refractivity contribution in [3.8, 4) is 0 Å². The van der Waals surface area contributed by atoms with Crippen LogP contribution in [-0.4, -0.2) is 60.9 Å². The average molecular weight is 345 g/mol. The van der Waals surface area contributed by atoms with Gasteiger partial charge in [-0.05, 0) is 26.7 Å². The van der Waals surface area contributed by atoms with Gasteiger partial charge in [-0.1, -0.05) is 0 Å². The number of carbonyl (C=O) groups excluding carboxylic acids is 3. The second-order valence-electron chi connectivity index (χ2n) is 5.19. The highest BCUT2D eigenvalue weighted by molar-refractivity contribution is 5.91. The molecule has 0 spiro atoms. The molecule has 0 aliphatic carbocycles. The van der Waals surface area contributed by atoms with Gasteiger partial charge in [-0.3, -0.25) is 14.4 Å². The number of carboxylic acids is 1. The zero-order valence-corrected chi connectivity index (χ0v) is 13.8. The van der Waals surface area contributed by atoms with E-state index < -0.39 is 48.3 Å². The predicted molar refractivity (Wildman–Crippen MR) is 79.9 cm³/mol. The van der Waals surface area contributed by atoms with Crippen molar-refractivity contribution in [2.75, 3.05) is 19.8 Å². The number of carboxylic acid groups (broad SMARTS) is 1. The normalized spacial score (nSPS) is 19.2. The Bertz CT molecular complexity index is 472. The van der Waals surface area contributed by atoms with E-state index >= 15 is 0 Å². The van der Waals surface area contributed by atoms with E-state index in [-0.39, 0.29) is 13.2 Å². The summed E-state index contributed by atoms with van der Waals surface area (Å²) in [5, 5.41) is 11.7. The molecule has 1 fully saturated rings. The quantitative estimate of drug-likeness (QED) is 0.553. The van der Waals surface area contributed by atoms with Gasteiger partial charge in [0.25, 0.3) is 0 Å². The number of amides is 1. The lowest BCUT2D eigenvalue weighted by molar-refractivity contribution is -0.160. The lowest BCUT2D eigenvalue weighted by atomic mass is 9.95. The van der Waals surface area contributed by atoms with Crippen LogP contribution in [0.4, 0.5) is 0 Å². The third kappa shape index (κ3) is 5.80. The molecule has 1 saturated heterocycles. The van der Waals surface area contributed by atoms with Crippen LogP contribution >= 0.6 is 0 Å². The van der Waals surface area contributed by atoms with E-state index in [1.54, 1.807) is 13.8 Å². The number of aliphatic carboxylic acids is 1. The number of esters is 2. The molecule has 0 unspecified atom stereocenters. The van der Waals surface area contributed by atoms with Gasteiger partial charge in [0.1, 0.15) is 12.1 Å². The van der Waals surface area contributed by atoms with Gasteiger partial charge < -0.3 is 24.6 Å². The Hall–Kier alpha value is -2.16. The molecule has 3 atom stereocenters. The molecule has 1 amide bonds. The highest BCUT2D eigenvalue weighted by atomic mass is 16.5. The molecule has 0 saturated carbocycles. The third-order valence-electron chi connectivity index (χ3n) is 3.47. The van der Waals surface area contributed by atoms with Gasteiger partial charge in [0.15, 0.2) is 0 Å². The molecule has 0 bridgehead atoms. The Morgan fingerprint density at radius 3 is 2.38 bits per heavy atom. The van der Waals surface area contributed by atoms with E-state index in [0.29, 0.717) is 19.4 Å². The summed E-state index contributed by atoms with van der Waals surface area (Å²) in [5.41, 5.74) is 0. The van der Waals surface area contributed by atoms with Crippen molar-refractivity contribution >= 4 is 23.8 Å². The standard InChI is InChI=1S/C15H23NO8/c1-3-22-11(17)8-9(15(21)23-4-2)12(14(19)20)16-13(18)10-6-5-7-24-10/h9-10,12H,3-8H2,1-2H3,(H,16,18)(H,19,20)/t9-,10-,12+/m0/s1. The summed E-state index contributed by atoms with van der Waals surface area (Å²) in [6.07, 6.45) is -0.0903. The van der Waals surface area contributed by atoms with Crippen molar-refractivity contribution in [3.05, 3.63) is 0 Å². The van der Waals surface area contributed by atoms with Crippen LogP contribution < -0.4 is 5.32 Å². The topological polar surface area (TPSA) is 128 Å². The third-order valence-corrected chi connectivity index (χ3v) is 3.47. The maximum atomic E-state index is 12.1. The molecule has 0 aromatic carbocycles. The monoisotopic (exact) mass is 345 g/mol. The van der Waals surface area contributed by atoms with Crippen molar-refractivity contribution in [2.45, 2.75) is 45.3 Å². The summed E-state index contributed by atoms with van der Waals surface area (Å²) < 4.78 is 14.8. The average Bonchev–Trinajstić information content (AvgIpc) is 3.05. The van der Waals surface area contributed by atoms with Crippen molar-refractivity contribution in [2.24, 2.45) is 5.92 Å². The molecule has 1 heterocycles. The second-order valence-corrected chi connectivity index (χ2v) is 5.19. The SMILES string of the molecule is CCOC(=O)C[C@H](C(=O)OCC)[C@@H](NC(=O)[C@@H]1CCCO1)C(=O)O. The van der Waals surface area contributed by atoms with Crippen LogP contribution in [0.15, 0.2) is 0 Å². The van der Waals surface area contributed by atoms with Crippen molar-refractivity contribution < 1.29 is 38.5 Å². The van der Waals surface area contributed by atoms with Crippen LogP contribution in [0, 0.1) is 5.92 Å². The van der Waals surface area contributed by atoms with Crippen LogP contribution in [0.5, 0.6) is 0 Å². The summed E-state index contributed by atoms with van der Waals surface area (Å²) in [4.78, 5) is 47.3. The molecule has 0 radical (unpaired) electrons. The molecule has 9 nitrogen and oxygen atoms in total. The zero-order valence-electron chi connectivity index (χ0n) is 13.8. The first kappa shape index (κ1) is 19.9. The molecule has 24 heavy (non-hydrogen) atoms. The Labute approximate surface area is 139 Å². The highest BCUT2D eigenvalue weighted by Gasteiger charge is 2.39. The zero-order chi connectivity index (χ0) is 18.1. The maximum absolute atomic E-state index is 12.1. The number of hydrogen-bond acceptors (Lipinski definition) is 7. The van der Waals surface area contributed by atoms with Crippen LogP contribution in [0.1, 0.15) is 33.1 Å². The summed E-state index contributed by atoms with van der Waals surface area (Å²) >= 11 is 0. The van der Waals surface area contributed by atoms with Gasteiger partial charge >= 0.3 is 17.9 Å². The van der Waals surface area contributed by atoms with E-state index in [4.69, 9.17) is 14.2 Å². The van der Waals surface area contributed by atoms with Gasteiger partial charge in [0.05, 0.1) is 25.6 Å². The van der Waals surface area contributed by atoms with Crippen LogP contribution in [-0.2, 0) is 33.4 Å². The molecule has 1 aliphatic rings. The first-order valence-corrected chi connectivity index (χ1v) is 7.87. The molecule has 2 N–H and O–H groups in total. The molecule has 1 rings (SSSR count). The molecule has 0 aromatic rings. The van der Waals surface area contributed by atoms with Crippen molar-refractivity contribution in [3.63, 3.8) is 0 Å². The summed E-state index contributed by atoms with van der Waals surface area (Å²) in [7, 11) is 0. The molecule has 136 valence electrons. The largest absolute Gasteiger partial charge is 0.480 e. The smallest absolute Gasteiger partial charge is 0.327 e. The molecule has 1 aliphatic heterocycles. The number of hydrogen-bond donors (Lipinski definition) is 2. The lowest BCUT2D eigenvalue weighted by Gasteiger charge is -2.23. The van der Waals surface area contributed by atoms with Crippen molar-refractivity contribution in [1.29, 1.82) is 0 Å². The van der Waals surface area contributed by atoms with E-state index in [1.807, 2.05) is 0 Å². The summed E-state index contributed by atoms with van der Waals surface area (Å²) in [6, 6.07) is -1.61. The summed E-state index contributed by atoms with van der Waals surface area (Å²) in [6.45, 7) is 3.67. The van der Waals surface area contributed by atoms with Crippen LogP contribution in [0.2, 0.25) is 0 Å². The Morgan fingerprint density at radius 2 is 1.88 bits per heavy atom. The van der Waals surface area contributed by atoms with E-state index in [9.17, 15) is 24.3 Å². The van der Waals surface area contributed by atoms with Gasteiger partial charge in [0.2, 0.25) is 5.91 Å². The number of carbonyl (C=O) groups is 4.